The van der Waals surface area contributed by atoms with E-state index < -0.39 is 57.9 Å². The minimum absolute atomic E-state index is 0. The normalized spacial score (nSPS) is 13.5. The van der Waals surface area contributed by atoms with Crippen molar-refractivity contribution in [1.82, 2.24) is 19.9 Å². The van der Waals surface area contributed by atoms with Gasteiger partial charge < -0.3 is 20.7 Å². The number of amides is 6. The van der Waals surface area contributed by atoms with Gasteiger partial charge in [-0.25, -0.2) is 19.1 Å². The van der Waals surface area contributed by atoms with Gasteiger partial charge in [-0.05, 0) is 102 Å². The number of H-pyrrole nitrogens is 1. The number of nitrogens with one attached hydrogen (secondary N) is 4. The van der Waals surface area contributed by atoms with Crippen molar-refractivity contribution in [1.29, 1.82) is 0 Å². The van der Waals surface area contributed by atoms with Gasteiger partial charge in [-0.15, -0.1) is 0 Å². The number of imide groups is 2. The van der Waals surface area contributed by atoms with Gasteiger partial charge in [0.1, 0.15) is 5.57 Å². The number of anilines is 3. The predicted octanol–water partition coefficient (Wildman–Crippen LogP) is 1.81. The van der Waals surface area contributed by atoms with Crippen molar-refractivity contribution in [3.8, 4) is 11.6 Å². The first-order chi connectivity index (χ1) is 28.6. The maximum Gasteiger partial charge on any atom is 1.00 e. The van der Waals surface area contributed by atoms with Crippen LogP contribution >= 0.6 is 0 Å². The van der Waals surface area contributed by atoms with Gasteiger partial charge >= 0.3 is 30.6 Å². The largest absolute Gasteiger partial charge is 1.00 e. The summed E-state index contributed by atoms with van der Waals surface area (Å²) in [5.74, 6) is -3.76. The van der Waals surface area contributed by atoms with E-state index in [1.807, 2.05) is 0 Å². The van der Waals surface area contributed by atoms with Gasteiger partial charge in [0.25, 0.3) is 29.2 Å². The summed E-state index contributed by atoms with van der Waals surface area (Å²) in [5.41, 5.74) is -0.583. The number of urea groups is 1. The summed E-state index contributed by atoms with van der Waals surface area (Å²) in [7, 11) is 0. The van der Waals surface area contributed by atoms with E-state index in [-0.39, 0.29) is 47.2 Å². The summed E-state index contributed by atoms with van der Waals surface area (Å²) in [4.78, 5) is 99.0. The Kier molecular flexibility index (Phi) is 12.7. The first-order valence-electron chi connectivity index (χ1n) is 17.8. The summed E-state index contributed by atoms with van der Waals surface area (Å²) in [6, 6.07) is 31.0. The fourth-order valence-electron chi connectivity index (χ4n) is 5.99. The van der Waals surface area contributed by atoms with Crippen LogP contribution in [-0.4, -0.2) is 44.2 Å². The fourth-order valence-corrected chi connectivity index (χ4v) is 5.99. The molecule has 6 amide bonds. The van der Waals surface area contributed by atoms with Crippen LogP contribution in [0.1, 0.15) is 31.8 Å². The summed E-state index contributed by atoms with van der Waals surface area (Å²) in [5, 5.41) is 20.6. The van der Waals surface area contributed by atoms with Crippen molar-refractivity contribution in [2.45, 2.75) is 0 Å². The molecule has 2 aromatic heterocycles. The molecule has 0 spiro atoms. The molecule has 6 aromatic rings. The van der Waals surface area contributed by atoms with Gasteiger partial charge in [0, 0.05) is 40.5 Å². The van der Waals surface area contributed by atoms with Crippen LogP contribution in [0.15, 0.2) is 167 Å². The Morgan fingerprint density at radius 2 is 1.25 bits per heavy atom. The van der Waals surface area contributed by atoms with E-state index in [1.165, 1.54) is 73.1 Å². The van der Waals surface area contributed by atoms with E-state index in [0.717, 1.165) is 9.47 Å². The van der Waals surface area contributed by atoms with E-state index >= 15 is 0 Å². The summed E-state index contributed by atoms with van der Waals surface area (Å²) < 4.78 is 0.746. The fraction of sp³-hybridized carbons (Fsp3) is 0. The molecular weight excluding hydrogens is 761 g/mol. The predicted molar refractivity (Wildman–Crippen MR) is 218 cm³/mol. The second-order valence-electron chi connectivity index (χ2n) is 12.7. The number of hydrogen-bond acceptors (Lipinski definition) is 9. The van der Waals surface area contributed by atoms with Crippen LogP contribution in [0.25, 0.3) is 17.3 Å². The van der Waals surface area contributed by atoms with Crippen LogP contribution in [0.2, 0.25) is 0 Å². The Labute approximate surface area is 352 Å². The van der Waals surface area contributed by atoms with Crippen molar-refractivity contribution >= 4 is 58.4 Å². The molecule has 0 atom stereocenters. The van der Waals surface area contributed by atoms with E-state index in [9.17, 15) is 38.7 Å². The Balaban J connectivity index is 0.00000604. The number of allylic oxidation sites excluding steroid dienone is 4. The molecule has 1 aliphatic heterocycles. The van der Waals surface area contributed by atoms with Crippen LogP contribution in [0.5, 0.6) is 5.88 Å². The summed E-state index contributed by atoms with van der Waals surface area (Å²) in [6.45, 7) is 0. The average molecular weight is 792 g/mol. The number of hydrogen-bond donors (Lipinski definition) is 4. The number of carbonyl (C=O) groups excluding carboxylic acids is 5. The van der Waals surface area contributed by atoms with Gasteiger partial charge in [0.2, 0.25) is 0 Å². The number of barbiturate groups is 1. The number of pyridine rings is 1. The summed E-state index contributed by atoms with van der Waals surface area (Å²) in [6.07, 6.45) is 8.05. The third-order valence-corrected chi connectivity index (χ3v) is 8.87. The Hall–Kier alpha value is -8.12. The zero-order valence-corrected chi connectivity index (χ0v) is 31.6. The molecule has 16 heteroatoms. The zero-order valence-electron chi connectivity index (χ0n) is 31.6. The topological polar surface area (TPSA) is 215 Å². The Morgan fingerprint density at radius 1 is 0.683 bits per heavy atom. The standard InChI is InChI=1S/C44H31N7O8.Li/c52-37(29-9-3-1-4-10-29)46-31-13-7-15-33(25-31)50-41(56)35(39(54)48-43(50)58)19-17-27(28-21-23-45-24-22-28)18-20-36-40(55)49-44(59)51(42(36)57)34-16-8-14-32(26-34)47-38(53)30-11-5-2-6-12-30;/h1-26,54H,(H,46,52)(H,47,53)(H,48,58)(H,49,55,59);/q;+1/p-1/b19-17+,27-18-,36-20-;. The molecule has 7 rings (SSSR count). The molecule has 0 bridgehead atoms. The molecule has 0 radical (unpaired) electrons. The van der Waals surface area contributed by atoms with E-state index in [4.69, 9.17) is 0 Å². The van der Waals surface area contributed by atoms with Crippen LogP contribution in [-0.2, 0) is 9.59 Å². The molecular formula is C44H30LiN7O8. The van der Waals surface area contributed by atoms with Gasteiger partial charge in [0.15, 0.2) is 0 Å². The molecule has 3 heterocycles. The second kappa shape index (κ2) is 18.4. The first-order valence-corrected chi connectivity index (χ1v) is 17.8. The molecule has 0 saturated carbocycles. The SMILES string of the molecule is O=C1NC(=O)N(c2cccc(NC(=O)c3ccccc3)c2)C(=O)\C1=C/C=C(/C=C/c1c([O-])[nH]c(=O)n(-c2cccc(NC(=O)c3ccccc3)c2)c1=O)c1ccncc1.[Li+]. The van der Waals surface area contributed by atoms with Crippen molar-refractivity contribution in [3.63, 3.8) is 0 Å². The third-order valence-electron chi connectivity index (χ3n) is 8.87. The monoisotopic (exact) mass is 791 g/mol. The van der Waals surface area contributed by atoms with Crippen molar-refractivity contribution in [2.75, 3.05) is 15.5 Å². The van der Waals surface area contributed by atoms with Crippen LogP contribution in [0, 0.1) is 0 Å². The van der Waals surface area contributed by atoms with Crippen molar-refractivity contribution in [2.24, 2.45) is 0 Å². The smallest absolute Gasteiger partial charge is 0.860 e. The van der Waals surface area contributed by atoms with Crippen molar-refractivity contribution < 1.29 is 47.9 Å². The molecule has 15 nitrogen and oxygen atoms in total. The maximum atomic E-state index is 13.8. The van der Waals surface area contributed by atoms with Crippen LogP contribution < -0.4 is 56.1 Å². The number of benzene rings is 4. The quantitative estimate of drug-likeness (QED) is 0.0688. The molecule has 1 aliphatic rings. The average Bonchev–Trinajstić information content (AvgIpc) is 3.23. The molecule has 0 unspecified atom stereocenters. The molecule has 4 aromatic carbocycles. The third kappa shape index (κ3) is 9.19. The molecule has 60 heavy (non-hydrogen) atoms. The molecule has 290 valence electrons. The summed E-state index contributed by atoms with van der Waals surface area (Å²) >= 11 is 0. The number of nitrogens with zero attached hydrogens (tertiary/aromatic N) is 3. The van der Waals surface area contributed by atoms with E-state index in [0.29, 0.717) is 16.7 Å². The number of rotatable bonds is 10. The van der Waals surface area contributed by atoms with Gasteiger partial charge in [0.05, 0.1) is 11.4 Å². The molecule has 1 fully saturated rings. The Morgan fingerprint density at radius 3 is 1.85 bits per heavy atom. The number of carbonyl (C=O) groups is 5. The van der Waals surface area contributed by atoms with Gasteiger partial charge in [-0.3, -0.25) is 34.3 Å². The number of aromatic nitrogens is 3. The maximum absolute atomic E-state index is 13.8. The Bertz CT molecular complexity index is 2860. The van der Waals surface area contributed by atoms with Crippen LogP contribution in [0.3, 0.4) is 0 Å². The number of aromatic amines is 1. The van der Waals surface area contributed by atoms with E-state index in [2.05, 4.69) is 25.9 Å². The first kappa shape index (κ1) is 41.5. The van der Waals surface area contributed by atoms with Crippen molar-refractivity contribution in [3.05, 3.63) is 201 Å². The minimum Gasteiger partial charge on any atom is -0.860 e. The second-order valence-corrected chi connectivity index (χ2v) is 12.7. The zero-order chi connectivity index (χ0) is 41.5. The molecule has 1 saturated heterocycles. The van der Waals surface area contributed by atoms with Gasteiger partial charge in [-0.1, -0.05) is 60.7 Å². The molecule has 4 N–H and O–H groups in total. The van der Waals surface area contributed by atoms with E-state index in [1.54, 1.807) is 84.9 Å². The van der Waals surface area contributed by atoms with Gasteiger partial charge in [-0.2, -0.15) is 0 Å². The minimum atomic E-state index is -1.01. The van der Waals surface area contributed by atoms with Crippen LogP contribution in [0.4, 0.5) is 21.9 Å². The molecule has 0 aliphatic carbocycles.